The van der Waals surface area contributed by atoms with Crippen molar-refractivity contribution in [1.82, 2.24) is 14.5 Å². The third kappa shape index (κ3) is 3.59. The lowest BCUT2D eigenvalue weighted by Gasteiger charge is -2.10. The Kier molecular flexibility index (Phi) is 4.91. The van der Waals surface area contributed by atoms with E-state index in [1.165, 1.54) is 25.4 Å². The number of rotatable bonds is 4. The van der Waals surface area contributed by atoms with E-state index in [1.54, 1.807) is 16.7 Å². The zero-order valence-corrected chi connectivity index (χ0v) is 16.6. The maximum atomic E-state index is 13.8. The molecule has 2 aromatic heterocycles. The summed E-state index contributed by atoms with van der Waals surface area (Å²) in [4.78, 5) is 19.9. The fourth-order valence-electron chi connectivity index (χ4n) is 3.45. The second-order valence-electron chi connectivity index (χ2n) is 6.98. The zero-order chi connectivity index (χ0) is 21.4. The molecule has 152 valence electrons. The van der Waals surface area contributed by atoms with Crippen molar-refractivity contribution in [3.05, 3.63) is 71.7 Å². The topological polar surface area (TPSA) is 71.8 Å². The molecule has 0 atom stereocenters. The number of benzene rings is 2. The van der Waals surface area contributed by atoms with Crippen molar-refractivity contribution >= 4 is 34.1 Å². The molecule has 0 spiro atoms. The smallest absolute Gasteiger partial charge is 0.221 e. The lowest BCUT2D eigenvalue weighted by atomic mass is 10.2. The molecule has 0 saturated heterocycles. The number of carbonyl (C=O) groups excluding carboxylic acids is 1. The number of aromatic nitrogens is 3. The van der Waals surface area contributed by atoms with Crippen LogP contribution >= 0.6 is 0 Å². The van der Waals surface area contributed by atoms with E-state index in [0.717, 1.165) is 28.4 Å². The molecule has 0 radical (unpaired) electrons. The van der Waals surface area contributed by atoms with Crippen LogP contribution in [0.1, 0.15) is 18.2 Å². The van der Waals surface area contributed by atoms with Crippen LogP contribution in [0.4, 0.5) is 26.0 Å². The highest BCUT2D eigenvalue weighted by Crippen LogP contribution is 2.33. The first-order chi connectivity index (χ1) is 14.3. The van der Waals surface area contributed by atoms with Crippen molar-refractivity contribution in [1.29, 1.82) is 0 Å². The van der Waals surface area contributed by atoms with E-state index in [0.29, 0.717) is 22.8 Å². The Labute approximate surface area is 171 Å². The van der Waals surface area contributed by atoms with E-state index < -0.39 is 11.6 Å². The highest BCUT2D eigenvalue weighted by Gasteiger charge is 2.18. The van der Waals surface area contributed by atoms with Gasteiger partial charge in [-0.15, -0.1) is 0 Å². The van der Waals surface area contributed by atoms with Crippen LogP contribution in [0.2, 0.25) is 0 Å². The Morgan fingerprint density at radius 1 is 0.967 bits per heavy atom. The fraction of sp³-hybridized carbons (Fsp3) is 0.136. The maximum absolute atomic E-state index is 13.8. The molecule has 0 fully saturated rings. The first-order valence-corrected chi connectivity index (χ1v) is 9.27. The number of amides is 1. The molecule has 1 amide bonds. The molecule has 4 aromatic rings. The van der Waals surface area contributed by atoms with Crippen molar-refractivity contribution in [3.8, 4) is 5.69 Å². The normalized spacial score (nSPS) is 11.0. The van der Waals surface area contributed by atoms with Gasteiger partial charge in [-0.2, -0.15) is 0 Å². The highest BCUT2D eigenvalue weighted by molar-refractivity contribution is 5.94. The van der Waals surface area contributed by atoms with Crippen molar-refractivity contribution in [2.45, 2.75) is 20.8 Å². The van der Waals surface area contributed by atoms with Crippen molar-refractivity contribution in [2.75, 3.05) is 10.6 Å². The summed E-state index contributed by atoms with van der Waals surface area (Å²) in [6, 6.07) is 10.6. The molecule has 8 heteroatoms. The summed E-state index contributed by atoms with van der Waals surface area (Å²) in [5.74, 6) is -0.885. The molecule has 2 heterocycles. The Balaban J connectivity index is 1.78. The number of aryl methyl sites for hydroxylation is 1. The first kappa shape index (κ1) is 19.5. The summed E-state index contributed by atoms with van der Waals surface area (Å²) < 4.78 is 29.3. The lowest BCUT2D eigenvalue weighted by Crippen LogP contribution is -2.05. The fourth-order valence-corrected chi connectivity index (χ4v) is 3.45. The van der Waals surface area contributed by atoms with E-state index in [-0.39, 0.29) is 5.91 Å². The van der Waals surface area contributed by atoms with Crippen molar-refractivity contribution < 1.29 is 13.6 Å². The van der Waals surface area contributed by atoms with Gasteiger partial charge in [0.1, 0.15) is 23.8 Å². The monoisotopic (exact) mass is 407 g/mol. The van der Waals surface area contributed by atoms with Crippen LogP contribution in [0.15, 0.2) is 48.8 Å². The number of nitrogens with zero attached hydrogens (tertiary/aromatic N) is 3. The van der Waals surface area contributed by atoms with E-state index in [1.807, 2.05) is 26.0 Å². The van der Waals surface area contributed by atoms with E-state index >= 15 is 0 Å². The molecular formula is C22H19F2N5O. The minimum atomic E-state index is -0.657. The van der Waals surface area contributed by atoms with E-state index in [4.69, 9.17) is 0 Å². The molecule has 2 N–H and O–H groups in total. The summed E-state index contributed by atoms with van der Waals surface area (Å²) in [6.07, 6.45) is 1.40. The number of anilines is 3. The SMILES string of the molecule is CC(=O)Nc1ccc(Nc2ncnc3c2c(C)c(C)n3-c2cc(F)cc(F)c2)cc1. The van der Waals surface area contributed by atoms with Crippen LogP contribution in [0.5, 0.6) is 0 Å². The second-order valence-corrected chi connectivity index (χ2v) is 6.98. The quantitative estimate of drug-likeness (QED) is 0.498. The van der Waals surface area contributed by atoms with Crippen LogP contribution in [-0.4, -0.2) is 20.4 Å². The van der Waals surface area contributed by atoms with E-state index in [9.17, 15) is 13.6 Å². The number of fused-ring (bicyclic) bond motifs is 1. The summed E-state index contributed by atoms with van der Waals surface area (Å²) in [6.45, 7) is 5.23. The molecule has 0 saturated carbocycles. The third-order valence-electron chi connectivity index (χ3n) is 4.87. The van der Waals surface area contributed by atoms with Crippen LogP contribution in [0, 0.1) is 25.5 Å². The standard InChI is InChI=1S/C22H19F2N5O/c1-12-13(2)29(19-9-15(23)8-16(24)10-19)22-20(12)21(25-11-26-22)28-18-6-4-17(5-7-18)27-14(3)30/h4-11H,1-3H3,(H,27,30)(H,25,26,28). The van der Waals surface area contributed by atoms with Crippen LogP contribution < -0.4 is 10.6 Å². The van der Waals surface area contributed by atoms with Gasteiger partial charge < -0.3 is 10.6 Å². The van der Waals surface area contributed by atoms with Crippen molar-refractivity contribution in [2.24, 2.45) is 0 Å². The van der Waals surface area contributed by atoms with Gasteiger partial charge in [0.05, 0.1) is 11.1 Å². The Hall–Kier alpha value is -3.81. The molecule has 4 rings (SSSR count). The van der Waals surface area contributed by atoms with Gasteiger partial charge >= 0.3 is 0 Å². The maximum Gasteiger partial charge on any atom is 0.221 e. The summed E-state index contributed by atoms with van der Waals surface area (Å²) in [5, 5.41) is 6.73. The average molecular weight is 407 g/mol. The largest absolute Gasteiger partial charge is 0.340 e. The number of nitrogens with one attached hydrogen (secondary N) is 2. The molecule has 6 nitrogen and oxygen atoms in total. The predicted octanol–water partition coefficient (Wildman–Crippen LogP) is 5.02. The van der Waals surface area contributed by atoms with Crippen LogP contribution in [-0.2, 0) is 4.79 Å². The number of carbonyl (C=O) groups is 1. The molecule has 30 heavy (non-hydrogen) atoms. The lowest BCUT2D eigenvalue weighted by molar-refractivity contribution is -0.114. The van der Waals surface area contributed by atoms with Gasteiger partial charge in [-0.3, -0.25) is 9.36 Å². The second kappa shape index (κ2) is 7.55. The number of hydrogen-bond donors (Lipinski definition) is 2. The predicted molar refractivity (Wildman–Crippen MR) is 112 cm³/mol. The highest BCUT2D eigenvalue weighted by atomic mass is 19.1. The average Bonchev–Trinajstić information content (AvgIpc) is 2.94. The van der Waals surface area contributed by atoms with Gasteiger partial charge in [0.15, 0.2) is 5.65 Å². The van der Waals surface area contributed by atoms with Gasteiger partial charge in [-0.1, -0.05) is 0 Å². The summed E-state index contributed by atoms with van der Waals surface area (Å²) in [7, 11) is 0. The molecule has 0 aliphatic rings. The minimum absolute atomic E-state index is 0.144. The van der Waals surface area contributed by atoms with Gasteiger partial charge in [0.2, 0.25) is 5.91 Å². The Morgan fingerprint density at radius 2 is 1.60 bits per heavy atom. The molecule has 0 unspecified atom stereocenters. The Bertz CT molecular complexity index is 1240. The van der Waals surface area contributed by atoms with Gasteiger partial charge in [0.25, 0.3) is 0 Å². The first-order valence-electron chi connectivity index (χ1n) is 9.27. The van der Waals surface area contributed by atoms with Gasteiger partial charge in [0, 0.05) is 30.1 Å². The van der Waals surface area contributed by atoms with Crippen LogP contribution in [0.25, 0.3) is 16.7 Å². The van der Waals surface area contributed by atoms with Crippen LogP contribution in [0.3, 0.4) is 0 Å². The Morgan fingerprint density at radius 3 is 2.23 bits per heavy atom. The number of halogens is 2. The van der Waals surface area contributed by atoms with E-state index in [2.05, 4.69) is 20.6 Å². The minimum Gasteiger partial charge on any atom is -0.340 e. The molecule has 2 aromatic carbocycles. The van der Waals surface area contributed by atoms with Gasteiger partial charge in [-0.25, -0.2) is 18.7 Å². The van der Waals surface area contributed by atoms with Gasteiger partial charge in [-0.05, 0) is 55.8 Å². The van der Waals surface area contributed by atoms with Crippen molar-refractivity contribution in [3.63, 3.8) is 0 Å². The molecule has 0 bridgehead atoms. The summed E-state index contributed by atoms with van der Waals surface area (Å²) in [5.41, 5.74) is 4.06. The third-order valence-corrected chi connectivity index (χ3v) is 4.87. The molecule has 0 aliphatic carbocycles. The molecule has 0 aliphatic heterocycles. The zero-order valence-electron chi connectivity index (χ0n) is 16.6. The molecular weight excluding hydrogens is 388 g/mol. The summed E-state index contributed by atoms with van der Waals surface area (Å²) >= 11 is 0. The number of hydrogen-bond acceptors (Lipinski definition) is 4.